The Hall–Kier alpha value is -1.67. The van der Waals surface area contributed by atoms with Gasteiger partial charge in [0.25, 0.3) is 5.56 Å². The van der Waals surface area contributed by atoms with Gasteiger partial charge in [-0.05, 0) is 25.8 Å². The van der Waals surface area contributed by atoms with Crippen molar-refractivity contribution in [1.82, 2.24) is 19.3 Å². The maximum atomic E-state index is 12.3. The molecule has 2 heterocycles. The summed E-state index contributed by atoms with van der Waals surface area (Å²) in [6.45, 7) is 1.70. The van der Waals surface area contributed by atoms with Crippen LogP contribution in [-0.2, 0) is 10.0 Å². The molecule has 0 bridgehead atoms. The number of fused-ring (bicyclic) bond motifs is 1. The number of aromatic amines is 1. The molecule has 0 saturated heterocycles. The third-order valence-corrected chi connectivity index (χ3v) is 5.17. The van der Waals surface area contributed by atoms with Crippen molar-refractivity contribution < 1.29 is 8.42 Å². The van der Waals surface area contributed by atoms with E-state index in [9.17, 15) is 13.2 Å². The molecule has 0 atom stereocenters. The molecule has 0 unspecified atom stereocenters. The zero-order chi connectivity index (χ0) is 14.3. The van der Waals surface area contributed by atoms with E-state index in [0.717, 1.165) is 25.7 Å². The van der Waals surface area contributed by atoms with Gasteiger partial charge in [0.1, 0.15) is 16.2 Å². The molecule has 2 aromatic rings. The van der Waals surface area contributed by atoms with Crippen LogP contribution >= 0.6 is 0 Å². The smallest absolute Gasteiger partial charge is 0.288 e. The van der Waals surface area contributed by atoms with E-state index in [1.54, 1.807) is 6.92 Å². The summed E-state index contributed by atoms with van der Waals surface area (Å²) in [6, 6.07) is 1.38. The number of hydrogen-bond donors (Lipinski definition) is 2. The van der Waals surface area contributed by atoms with Gasteiger partial charge in [0.15, 0.2) is 0 Å². The fourth-order valence-electron chi connectivity index (χ4n) is 2.60. The van der Waals surface area contributed by atoms with Crippen molar-refractivity contribution >= 4 is 15.5 Å². The maximum absolute atomic E-state index is 12.3. The van der Waals surface area contributed by atoms with Gasteiger partial charge in [-0.3, -0.25) is 9.20 Å². The largest absolute Gasteiger partial charge is 0.298 e. The van der Waals surface area contributed by atoms with Crippen molar-refractivity contribution in [3.8, 4) is 0 Å². The molecule has 1 fully saturated rings. The molecule has 0 radical (unpaired) electrons. The van der Waals surface area contributed by atoms with Gasteiger partial charge in [-0.25, -0.2) is 18.2 Å². The molecule has 1 aliphatic carbocycles. The Morgan fingerprint density at radius 1 is 1.40 bits per heavy atom. The quantitative estimate of drug-likeness (QED) is 0.864. The highest BCUT2D eigenvalue weighted by atomic mass is 32.2. The predicted octanol–water partition coefficient (Wildman–Crippen LogP) is 0.552. The molecular weight excluding hydrogens is 280 g/mol. The van der Waals surface area contributed by atoms with Crippen molar-refractivity contribution in [2.24, 2.45) is 0 Å². The van der Waals surface area contributed by atoms with Crippen LogP contribution in [-0.4, -0.2) is 29.1 Å². The van der Waals surface area contributed by atoms with Crippen LogP contribution in [0.2, 0.25) is 0 Å². The van der Waals surface area contributed by atoms with E-state index in [-0.39, 0.29) is 16.5 Å². The van der Waals surface area contributed by atoms with Crippen LogP contribution in [0.5, 0.6) is 0 Å². The van der Waals surface area contributed by atoms with Crippen LogP contribution in [0, 0.1) is 6.92 Å². The van der Waals surface area contributed by atoms with Crippen molar-refractivity contribution in [3.63, 3.8) is 0 Å². The Bertz CT molecular complexity index is 800. The van der Waals surface area contributed by atoms with E-state index >= 15 is 0 Å². The Morgan fingerprint density at radius 2 is 2.10 bits per heavy atom. The maximum Gasteiger partial charge on any atom is 0.288 e. The van der Waals surface area contributed by atoms with E-state index in [4.69, 9.17) is 0 Å². The molecule has 0 aromatic carbocycles. The summed E-state index contributed by atoms with van der Waals surface area (Å²) >= 11 is 0. The molecule has 0 spiro atoms. The zero-order valence-corrected chi connectivity index (χ0v) is 11.9. The van der Waals surface area contributed by atoms with E-state index in [1.165, 1.54) is 16.7 Å². The van der Waals surface area contributed by atoms with Crippen molar-refractivity contribution in [3.05, 3.63) is 28.4 Å². The summed E-state index contributed by atoms with van der Waals surface area (Å²) < 4.78 is 28.8. The number of hydrogen-bond acceptors (Lipinski definition) is 4. The molecule has 0 amide bonds. The van der Waals surface area contributed by atoms with Gasteiger partial charge < -0.3 is 0 Å². The monoisotopic (exact) mass is 296 g/mol. The Balaban J connectivity index is 2.03. The standard InChI is InChI=1S/C12H16N4O3S/c1-8-13-14-12(17)11-6-10(7-16(8)11)20(18,19)15-9-4-2-3-5-9/h6-7,9,15H,2-5H2,1H3,(H,14,17). The normalized spacial score (nSPS) is 17.1. The van der Waals surface area contributed by atoms with Crippen molar-refractivity contribution in [2.45, 2.75) is 43.5 Å². The third kappa shape index (κ3) is 2.25. The van der Waals surface area contributed by atoms with Crippen molar-refractivity contribution in [2.75, 3.05) is 0 Å². The van der Waals surface area contributed by atoms with Gasteiger partial charge in [-0.1, -0.05) is 12.8 Å². The summed E-state index contributed by atoms with van der Waals surface area (Å²) in [7, 11) is -3.59. The zero-order valence-electron chi connectivity index (χ0n) is 11.1. The molecule has 1 aliphatic rings. The average Bonchev–Trinajstić information content (AvgIpc) is 3.02. The molecule has 2 aromatic heterocycles. The molecule has 1 saturated carbocycles. The average molecular weight is 296 g/mol. The fourth-order valence-corrected chi connectivity index (χ4v) is 3.92. The second kappa shape index (κ2) is 4.71. The van der Waals surface area contributed by atoms with Crippen LogP contribution < -0.4 is 10.3 Å². The first kappa shape index (κ1) is 13.3. The molecule has 8 heteroatoms. The number of nitrogens with one attached hydrogen (secondary N) is 2. The van der Waals surface area contributed by atoms with E-state index in [0.29, 0.717) is 5.82 Å². The molecular formula is C12H16N4O3S. The molecule has 2 N–H and O–H groups in total. The Morgan fingerprint density at radius 3 is 2.75 bits per heavy atom. The molecule has 0 aliphatic heterocycles. The van der Waals surface area contributed by atoms with Crippen molar-refractivity contribution in [1.29, 1.82) is 0 Å². The second-order valence-electron chi connectivity index (χ2n) is 5.13. The van der Waals surface area contributed by atoms with Crippen LogP contribution in [0.15, 0.2) is 22.0 Å². The van der Waals surface area contributed by atoms with E-state index < -0.39 is 15.6 Å². The lowest BCUT2D eigenvalue weighted by Crippen LogP contribution is -2.32. The molecule has 7 nitrogen and oxygen atoms in total. The first-order valence-electron chi connectivity index (χ1n) is 6.57. The molecule has 3 rings (SSSR count). The number of aryl methyl sites for hydroxylation is 1. The predicted molar refractivity (Wildman–Crippen MR) is 73.1 cm³/mol. The third-order valence-electron chi connectivity index (χ3n) is 3.68. The number of H-pyrrole nitrogens is 1. The van der Waals surface area contributed by atoms with Gasteiger partial charge in [-0.15, -0.1) is 0 Å². The highest BCUT2D eigenvalue weighted by Gasteiger charge is 2.24. The number of nitrogens with zero attached hydrogens (tertiary/aromatic N) is 2. The Kier molecular flexibility index (Phi) is 3.14. The fraction of sp³-hybridized carbons (Fsp3) is 0.500. The van der Waals surface area contributed by atoms with Crippen LogP contribution in [0.1, 0.15) is 31.5 Å². The first-order chi connectivity index (χ1) is 9.47. The lowest BCUT2D eigenvalue weighted by Gasteiger charge is -2.10. The topological polar surface area (TPSA) is 96.3 Å². The van der Waals surface area contributed by atoms with E-state index in [1.807, 2.05) is 0 Å². The van der Waals surface area contributed by atoms with Crippen LogP contribution in [0.4, 0.5) is 0 Å². The van der Waals surface area contributed by atoms with Gasteiger partial charge >= 0.3 is 0 Å². The Labute approximate surface area is 116 Å². The minimum Gasteiger partial charge on any atom is -0.298 e. The lowest BCUT2D eigenvalue weighted by atomic mass is 10.3. The number of rotatable bonds is 3. The summed E-state index contributed by atoms with van der Waals surface area (Å²) in [5.74, 6) is 0.530. The minimum atomic E-state index is -3.59. The van der Waals surface area contributed by atoms with Gasteiger partial charge in [0.05, 0.1) is 0 Å². The molecule has 20 heavy (non-hydrogen) atoms. The summed E-state index contributed by atoms with van der Waals surface area (Å²) in [6.07, 6.45) is 5.27. The van der Waals surface area contributed by atoms with Crippen LogP contribution in [0.3, 0.4) is 0 Å². The lowest BCUT2D eigenvalue weighted by molar-refractivity contribution is 0.552. The first-order valence-corrected chi connectivity index (χ1v) is 8.05. The summed E-state index contributed by atoms with van der Waals surface area (Å²) in [4.78, 5) is 11.8. The van der Waals surface area contributed by atoms with Gasteiger partial charge in [0.2, 0.25) is 10.0 Å². The highest BCUT2D eigenvalue weighted by Crippen LogP contribution is 2.21. The number of sulfonamides is 1. The van der Waals surface area contributed by atoms with Crippen LogP contribution in [0.25, 0.3) is 5.52 Å². The van der Waals surface area contributed by atoms with E-state index in [2.05, 4.69) is 14.9 Å². The highest BCUT2D eigenvalue weighted by molar-refractivity contribution is 7.89. The SMILES string of the molecule is Cc1n[nH]c(=O)c2cc(S(=O)(=O)NC3CCCC3)cn12. The number of aromatic nitrogens is 3. The van der Waals surface area contributed by atoms with Gasteiger partial charge in [-0.2, -0.15) is 5.10 Å². The van der Waals surface area contributed by atoms with Gasteiger partial charge in [0, 0.05) is 12.2 Å². The second-order valence-corrected chi connectivity index (χ2v) is 6.85. The molecule has 108 valence electrons. The summed E-state index contributed by atoms with van der Waals surface area (Å²) in [5.41, 5.74) is -0.123. The summed E-state index contributed by atoms with van der Waals surface area (Å²) in [5, 5.41) is 6.15. The minimum absolute atomic E-state index is 0.000480.